The molecule has 1 N–H and O–H groups in total. The Morgan fingerprint density at radius 3 is 2.10 bits per heavy atom. The number of halogens is 6. The number of ether oxygens (including phenoxy) is 1. The zero-order valence-corrected chi connectivity index (χ0v) is 16.6. The topological polar surface area (TPSA) is 63.6 Å². The summed E-state index contributed by atoms with van der Waals surface area (Å²) in [6.07, 6.45) is -7.53. The summed E-state index contributed by atoms with van der Waals surface area (Å²) in [7, 11) is -4.81. The van der Waals surface area contributed by atoms with Crippen molar-refractivity contribution >= 4 is 77.9 Å². The van der Waals surface area contributed by atoms with Gasteiger partial charge < -0.3 is 4.74 Å². The average molecular weight is 648 g/mol. The van der Waals surface area contributed by atoms with Gasteiger partial charge in [0.15, 0.2) is 0 Å². The van der Waals surface area contributed by atoms with Crippen LogP contribution in [0.5, 0.6) is 5.75 Å². The van der Waals surface area contributed by atoms with Crippen LogP contribution in [-0.2, 0) is 10.1 Å². The molecular formula is C9H6F3I3O4S. The third-order valence-corrected chi connectivity index (χ3v) is 6.36. The Morgan fingerprint density at radius 2 is 1.65 bits per heavy atom. The molecule has 0 radical (unpaired) electrons. The number of hydrogen-bond acceptors (Lipinski definition) is 3. The predicted molar refractivity (Wildman–Crippen MR) is 91.5 cm³/mol. The van der Waals surface area contributed by atoms with Gasteiger partial charge >= 0.3 is 6.18 Å². The Morgan fingerprint density at radius 1 is 1.15 bits per heavy atom. The van der Waals surface area contributed by atoms with E-state index < -0.39 is 28.2 Å². The molecule has 1 aromatic rings. The summed E-state index contributed by atoms with van der Waals surface area (Å²) in [6, 6.07) is 2.99. The molecular weight excluding hydrogens is 642 g/mol. The minimum absolute atomic E-state index is 0.0820. The van der Waals surface area contributed by atoms with Crippen molar-refractivity contribution in [3.8, 4) is 5.75 Å². The molecule has 1 unspecified atom stereocenters. The predicted octanol–water partition coefficient (Wildman–Crippen LogP) is 3.70. The lowest BCUT2D eigenvalue weighted by atomic mass is 10.3. The average Bonchev–Trinajstić information content (AvgIpc) is 2.21. The van der Waals surface area contributed by atoms with Gasteiger partial charge in [-0.1, -0.05) is 0 Å². The Balaban J connectivity index is 3.11. The maximum atomic E-state index is 12.7. The van der Waals surface area contributed by atoms with Crippen LogP contribution < -0.4 is 4.74 Å². The summed E-state index contributed by atoms with van der Waals surface area (Å²) < 4.78 is 74.8. The normalized spacial score (nSPS) is 14.2. The molecule has 0 heterocycles. The van der Waals surface area contributed by atoms with Crippen molar-refractivity contribution in [1.82, 2.24) is 0 Å². The molecule has 4 nitrogen and oxygen atoms in total. The first kappa shape index (κ1) is 19.0. The highest BCUT2D eigenvalue weighted by molar-refractivity contribution is 14.1. The van der Waals surface area contributed by atoms with Crippen LogP contribution in [0.2, 0.25) is 0 Å². The first-order valence-corrected chi connectivity index (χ1v) is 9.58. The van der Waals surface area contributed by atoms with Crippen LogP contribution in [-0.4, -0.2) is 31.0 Å². The smallest absolute Gasteiger partial charge is 0.426 e. The summed E-state index contributed by atoms with van der Waals surface area (Å²) in [5, 5.41) is 0. The van der Waals surface area contributed by atoms with Gasteiger partial charge in [-0.05, 0) is 79.9 Å². The Hall–Kier alpha value is 0.910. The second-order valence-electron chi connectivity index (χ2n) is 3.59. The van der Waals surface area contributed by atoms with Gasteiger partial charge in [-0.2, -0.15) is 21.6 Å². The van der Waals surface area contributed by atoms with E-state index in [4.69, 9.17) is 9.29 Å². The molecule has 11 heteroatoms. The fourth-order valence-corrected chi connectivity index (χ4v) is 3.87. The van der Waals surface area contributed by atoms with Crippen LogP contribution in [0.4, 0.5) is 13.2 Å². The van der Waals surface area contributed by atoms with E-state index in [9.17, 15) is 21.6 Å². The largest absolute Gasteiger partial charge is 0.479 e. The second-order valence-corrected chi connectivity index (χ2v) is 8.58. The minimum Gasteiger partial charge on any atom is -0.479 e. The van der Waals surface area contributed by atoms with E-state index in [0.717, 1.165) is 3.57 Å². The van der Waals surface area contributed by atoms with Crippen molar-refractivity contribution < 1.29 is 30.9 Å². The molecule has 1 rings (SSSR count). The second kappa shape index (κ2) is 6.99. The van der Waals surface area contributed by atoms with Crippen molar-refractivity contribution in [2.45, 2.75) is 12.3 Å². The molecule has 0 aliphatic heterocycles. The van der Waals surface area contributed by atoms with Crippen LogP contribution in [0.15, 0.2) is 12.1 Å². The van der Waals surface area contributed by atoms with E-state index in [-0.39, 0.29) is 5.75 Å². The number of alkyl halides is 3. The highest BCUT2D eigenvalue weighted by atomic mass is 127. The summed E-state index contributed by atoms with van der Waals surface area (Å²) in [5.41, 5.74) is 0. The van der Waals surface area contributed by atoms with E-state index in [1.807, 2.05) is 45.2 Å². The third kappa shape index (κ3) is 5.96. The lowest BCUT2D eigenvalue weighted by Gasteiger charge is -2.21. The lowest BCUT2D eigenvalue weighted by Crippen LogP contribution is -2.40. The van der Waals surface area contributed by atoms with Gasteiger partial charge in [0.05, 0.1) is 3.57 Å². The van der Waals surface area contributed by atoms with Crippen LogP contribution in [0, 0.1) is 10.7 Å². The third-order valence-electron chi connectivity index (χ3n) is 1.97. The maximum absolute atomic E-state index is 12.7. The van der Waals surface area contributed by atoms with E-state index in [2.05, 4.69) is 0 Å². The van der Waals surface area contributed by atoms with Gasteiger partial charge in [0, 0.05) is 7.14 Å². The van der Waals surface area contributed by atoms with Crippen molar-refractivity contribution in [3.63, 3.8) is 0 Å². The molecule has 0 aliphatic carbocycles. The van der Waals surface area contributed by atoms with E-state index in [1.54, 1.807) is 28.7 Å². The molecule has 0 saturated heterocycles. The van der Waals surface area contributed by atoms with Gasteiger partial charge in [-0.15, -0.1) is 0 Å². The van der Waals surface area contributed by atoms with Gasteiger partial charge in [0.25, 0.3) is 10.1 Å². The summed E-state index contributed by atoms with van der Waals surface area (Å²) in [4.78, 5) is 0. The quantitative estimate of drug-likeness (QED) is 0.308. The minimum atomic E-state index is -4.91. The van der Waals surface area contributed by atoms with Crippen LogP contribution in [0.1, 0.15) is 0 Å². The molecule has 20 heavy (non-hydrogen) atoms. The first-order chi connectivity index (χ1) is 8.90. The molecule has 0 aromatic heterocycles. The van der Waals surface area contributed by atoms with Crippen LogP contribution >= 0.6 is 67.8 Å². The van der Waals surface area contributed by atoms with Crippen molar-refractivity contribution in [1.29, 1.82) is 0 Å². The van der Waals surface area contributed by atoms with Gasteiger partial charge in [0.1, 0.15) is 11.5 Å². The molecule has 0 bridgehead atoms. The molecule has 0 saturated carbocycles. The van der Waals surface area contributed by atoms with Crippen molar-refractivity contribution in [2.24, 2.45) is 0 Å². The van der Waals surface area contributed by atoms with E-state index >= 15 is 0 Å². The number of benzene rings is 1. The summed E-state index contributed by atoms with van der Waals surface area (Å²) in [5.74, 6) is -1.63. The van der Waals surface area contributed by atoms with Crippen LogP contribution in [0.25, 0.3) is 0 Å². The monoisotopic (exact) mass is 648 g/mol. The Kier molecular flexibility index (Phi) is 6.63. The first-order valence-electron chi connectivity index (χ1n) is 4.73. The molecule has 1 aromatic carbocycles. The lowest BCUT2D eigenvalue weighted by molar-refractivity contribution is -0.188. The molecule has 1 atom stereocenters. The summed E-state index contributed by atoms with van der Waals surface area (Å²) >= 11 is 5.72. The highest BCUT2D eigenvalue weighted by Gasteiger charge is 2.44. The Labute approximate surface area is 154 Å². The van der Waals surface area contributed by atoms with Gasteiger partial charge in [-0.25, -0.2) is 0 Å². The van der Waals surface area contributed by atoms with Crippen molar-refractivity contribution in [2.75, 3.05) is 5.75 Å². The number of hydrogen-bond donors (Lipinski definition) is 1. The summed E-state index contributed by atoms with van der Waals surface area (Å²) in [6.45, 7) is 0. The zero-order valence-electron chi connectivity index (χ0n) is 9.29. The maximum Gasteiger partial charge on any atom is 0.426 e. The van der Waals surface area contributed by atoms with E-state index in [1.165, 1.54) is 6.07 Å². The molecule has 114 valence electrons. The fourth-order valence-electron chi connectivity index (χ4n) is 1.13. The van der Waals surface area contributed by atoms with Gasteiger partial charge in [0.2, 0.25) is 6.10 Å². The zero-order chi connectivity index (χ0) is 15.7. The Bertz CT molecular complexity index is 603. The molecule has 0 amide bonds. The number of rotatable bonds is 4. The van der Waals surface area contributed by atoms with Crippen molar-refractivity contribution in [3.05, 3.63) is 22.8 Å². The van der Waals surface area contributed by atoms with E-state index in [0.29, 0.717) is 7.14 Å². The molecule has 0 fully saturated rings. The highest BCUT2D eigenvalue weighted by Crippen LogP contribution is 2.32. The van der Waals surface area contributed by atoms with Gasteiger partial charge in [-0.3, -0.25) is 4.55 Å². The standard InChI is InChI=1S/C9H6F3I3O4S/c10-9(11,12)8(3-20(16,17)18)19-7-2-5(14)4(13)1-6(7)15/h1-2,8H,3H2,(H,16,17,18). The molecule has 0 aliphatic rings. The SMILES string of the molecule is O=S(=O)(O)CC(Oc1cc(I)c(I)cc1I)C(F)(F)F. The molecule has 0 spiro atoms. The van der Waals surface area contributed by atoms with Crippen LogP contribution in [0.3, 0.4) is 0 Å². The fraction of sp³-hybridized carbons (Fsp3) is 0.333.